The number of nitrogens with one attached hydrogen (secondary N) is 1. The van der Waals surface area contributed by atoms with Gasteiger partial charge in [-0.2, -0.15) is 0 Å². The second-order valence-electron chi connectivity index (χ2n) is 9.34. The van der Waals surface area contributed by atoms with Crippen molar-refractivity contribution in [3.05, 3.63) is 99.5 Å². The summed E-state index contributed by atoms with van der Waals surface area (Å²) in [4.78, 5) is 18.7. The normalized spacial score (nSPS) is 18.9. The molecule has 0 saturated carbocycles. The Morgan fingerprint density at radius 1 is 1.06 bits per heavy atom. The van der Waals surface area contributed by atoms with E-state index in [4.69, 9.17) is 19.6 Å². The second kappa shape index (κ2) is 10.8. The van der Waals surface area contributed by atoms with Crippen molar-refractivity contribution >= 4 is 27.7 Å². The van der Waals surface area contributed by atoms with Gasteiger partial charge < -0.3 is 19.9 Å². The average molecular weight is 549 g/mol. The first-order valence-electron chi connectivity index (χ1n) is 12.2. The largest absolute Gasteiger partial charge is 0.494 e. The summed E-state index contributed by atoms with van der Waals surface area (Å²) in [5.41, 5.74) is 3.34. The summed E-state index contributed by atoms with van der Waals surface area (Å²) in [7, 11) is 0. The van der Waals surface area contributed by atoms with Crippen LogP contribution in [0.2, 0.25) is 0 Å². The Kier molecular flexibility index (Phi) is 7.39. The minimum absolute atomic E-state index is 0.0475. The molecule has 0 saturated heterocycles. The molecule has 5 rings (SSSR count). The number of aliphatic hydroxyl groups excluding tert-OH is 1. The number of rotatable bonds is 9. The molecule has 6 nitrogen and oxygen atoms in total. The van der Waals surface area contributed by atoms with E-state index in [1.165, 1.54) is 11.1 Å². The van der Waals surface area contributed by atoms with Crippen LogP contribution in [0, 0.1) is 0 Å². The van der Waals surface area contributed by atoms with E-state index in [0.29, 0.717) is 31.1 Å². The smallest absolute Gasteiger partial charge is 0.252 e. The third-order valence-corrected chi connectivity index (χ3v) is 7.18. The van der Waals surface area contributed by atoms with Crippen LogP contribution in [0.15, 0.2) is 82.3 Å². The van der Waals surface area contributed by atoms with Gasteiger partial charge >= 0.3 is 0 Å². The lowest BCUT2D eigenvalue weighted by atomic mass is 9.91. The van der Waals surface area contributed by atoms with Crippen molar-refractivity contribution in [1.82, 2.24) is 5.32 Å². The van der Waals surface area contributed by atoms with Crippen molar-refractivity contribution in [3.63, 3.8) is 0 Å². The molecule has 2 N–H and O–H groups in total. The monoisotopic (exact) mass is 548 g/mol. The number of fused-ring (bicyclic) bond motifs is 1. The first kappa shape index (κ1) is 24.5. The molecular weight excluding hydrogens is 520 g/mol. The van der Waals surface area contributed by atoms with Gasteiger partial charge in [-0.15, -0.1) is 0 Å². The average Bonchev–Trinajstić information content (AvgIpc) is 3.51. The zero-order valence-electron chi connectivity index (χ0n) is 20.0. The standard InChI is InChI=1S/C29H29BrN2O4/c30-24-10-6-20(7-11-24)18-29(28(34)31-25-16-22-4-1-2-5-23(22)17-25)19-36-27(32-29)21-8-12-26(13-9-21)35-15-3-14-33/h1-2,4-13,25,33H,3,14-19H2,(H,31,34)/t29-/m1/s1. The van der Waals surface area contributed by atoms with Crippen LogP contribution >= 0.6 is 15.9 Å². The van der Waals surface area contributed by atoms with Gasteiger partial charge in [-0.25, -0.2) is 4.99 Å². The van der Waals surface area contributed by atoms with Gasteiger partial charge in [-0.1, -0.05) is 52.3 Å². The van der Waals surface area contributed by atoms with E-state index in [-0.39, 0.29) is 25.2 Å². The summed E-state index contributed by atoms with van der Waals surface area (Å²) >= 11 is 3.48. The first-order valence-corrected chi connectivity index (χ1v) is 13.0. The number of carbonyl (C=O) groups is 1. The summed E-state index contributed by atoms with van der Waals surface area (Å²) in [5.74, 6) is 1.06. The zero-order chi connectivity index (χ0) is 25.0. The number of ether oxygens (including phenoxy) is 2. The molecule has 1 aliphatic heterocycles. The van der Waals surface area contributed by atoms with Gasteiger partial charge in [0, 0.05) is 35.5 Å². The van der Waals surface area contributed by atoms with E-state index < -0.39 is 5.54 Å². The van der Waals surface area contributed by atoms with Crippen LogP contribution in [-0.2, 0) is 28.8 Å². The minimum Gasteiger partial charge on any atom is -0.494 e. The predicted molar refractivity (Wildman–Crippen MR) is 142 cm³/mol. The Labute approximate surface area is 219 Å². The van der Waals surface area contributed by atoms with Gasteiger partial charge in [-0.05, 0) is 65.9 Å². The van der Waals surface area contributed by atoms with E-state index in [1.54, 1.807) is 0 Å². The van der Waals surface area contributed by atoms with Crippen LogP contribution < -0.4 is 10.1 Å². The SMILES string of the molecule is O=C(NC1Cc2ccccc2C1)[C@@]1(Cc2ccc(Br)cc2)COC(c2ccc(OCCCO)cc2)=N1. The molecule has 0 radical (unpaired) electrons. The highest BCUT2D eigenvalue weighted by atomic mass is 79.9. The Morgan fingerprint density at radius 2 is 1.75 bits per heavy atom. The number of hydrogen-bond donors (Lipinski definition) is 2. The first-order chi connectivity index (χ1) is 17.5. The maximum atomic E-state index is 13.8. The van der Waals surface area contributed by atoms with Crippen LogP contribution in [0.4, 0.5) is 0 Å². The van der Waals surface area contributed by atoms with Gasteiger partial charge in [0.2, 0.25) is 5.90 Å². The van der Waals surface area contributed by atoms with E-state index >= 15 is 0 Å². The number of carbonyl (C=O) groups excluding carboxylic acids is 1. The van der Waals surface area contributed by atoms with E-state index in [9.17, 15) is 4.79 Å². The van der Waals surface area contributed by atoms with Crippen molar-refractivity contribution in [1.29, 1.82) is 0 Å². The summed E-state index contributed by atoms with van der Waals surface area (Å²) < 4.78 is 12.7. The Morgan fingerprint density at radius 3 is 2.42 bits per heavy atom. The fraction of sp³-hybridized carbons (Fsp3) is 0.310. The van der Waals surface area contributed by atoms with Gasteiger partial charge in [0.15, 0.2) is 5.54 Å². The molecule has 0 unspecified atom stereocenters. The van der Waals surface area contributed by atoms with Crippen LogP contribution in [-0.4, -0.2) is 48.3 Å². The highest BCUT2D eigenvalue weighted by Gasteiger charge is 2.45. The van der Waals surface area contributed by atoms with E-state index in [2.05, 4.69) is 33.4 Å². The lowest BCUT2D eigenvalue weighted by Gasteiger charge is -2.25. The van der Waals surface area contributed by atoms with Crippen molar-refractivity contribution in [2.24, 2.45) is 4.99 Å². The molecule has 1 aliphatic carbocycles. The maximum Gasteiger partial charge on any atom is 0.252 e. The molecule has 0 fully saturated rings. The number of amides is 1. The molecule has 1 atom stereocenters. The Bertz CT molecular complexity index is 1220. The quantitative estimate of drug-likeness (QED) is 0.392. The van der Waals surface area contributed by atoms with Gasteiger partial charge in [0.05, 0.1) is 6.61 Å². The molecule has 0 aromatic heterocycles. The molecule has 1 amide bonds. The molecule has 3 aromatic rings. The molecule has 3 aromatic carbocycles. The van der Waals surface area contributed by atoms with Gasteiger partial charge in [0.25, 0.3) is 5.91 Å². The van der Waals surface area contributed by atoms with E-state index in [1.807, 2.05) is 60.7 Å². The highest BCUT2D eigenvalue weighted by molar-refractivity contribution is 9.10. The number of benzene rings is 3. The summed E-state index contributed by atoms with van der Waals surface area (Å²) in [6.45, 7) is 0.728. The number of halogens is 1. The molecule has 186 valence electrons. The molecule has 2 aliphatic rings. The molecule has 0 spiro atoms. The predicted octanol–water partition coefficient (Wildman–Crippen LogP) is 4.25. The number of aliphatic imine (C=N–C) groups is 1. The van der Waals surface area contributed by atoms with Crippen molar-refractivity contribution < 1.29 is 19.4 Å². The number of aliphatic hydroxyl groups is 1. The molecule has 36 heavy (non-hydrogen) atoms. The molecule has 0 bridgehead atoms. The molecule has 1 heterocycles. The van der Waals surface area contributed by atoms with Crippen molar-refractivity contribution in [2.45, 2.75) is 37.3 Å². The number of hydrogen-bond acceptors (Lipinski definition) is 5. The van der Waals surface area contributed by atoms with Gasteiger partial charge in [0.1, 0.15) is 12.4 Å². The fourth-order valence-corrected chi connectivity index (χ4v) is 5.01. The van der Waals surface area contributed by atoms with Crippen LogP contribution in [0.3, 0.4) is 0 Å². The molecular formula is C29H29BrN2O4. The number of nitrogens with zero attached hydrogens (tertiary/aromatic N) is 1. The summed E-state index contributed by atoms with van der Waals surface area (Å²) in [6, 6.07) is 23.8. The zero-order valence-corrected chi connectivity index (χ0v) is 21.5. The molecule has 7 heteroatoms. The van der Waals surface area contributed by atoms with Crippen LogP contribution in [0.25, 0.3) is 0 Å². The van der Waals surface area contributed by atoms with E-state index in [0.717, 1.165) is 28.4 Å². The lowest BCUT2D eigenvalue weighted by molar-refractivity contribution is -0.127. The van der Waals surface area contributed by atoms with Gasteiger partial charge in [-0.3, -0.25) is 4.79 Å². The summed E-state index contributed by atoms with van der Waals surface area (Å²) in [5, 5.41) is 12.2. The fourth-order valence-electron chi connectivity index (χ4n) is 4.75. The highest BCUT2D eigenvalue weighted by Crippen LogP contribution is 2.29. The lowest BCUT2D eigenvalue weighted by Crippen LogP contribution is -2.51. The summed E-state index contributed by atoms with van der Waals surface area (Å²) in [6.07, 6.45) is 2.67. The Hall–Kier alpha value is -3.16. The maximum absolute atomic E-state index is 13.8. The van der Waals surface area contributed by atoms with Crippen molar-refractivity contribution in [2.75, 3.05) is 19.8 Å². The topological polar surface area (TPSA) is 80.2 Å². The third kappa shape index (κ3) is 5.47. The van der Waals surface area contributed by atoms with Crippen LogP contribution in [0.5, 0.6) is 5.75 Å². The second-order valence-corrected chi connectivity index (χ2v) is 10.3. The minimum atomic E-state index is -1.05. The third-order valence-electron chi connectivity index (χ3n) is 6.65. The van der Waals surface area contributed by atoms with Crippen LogP contribution in [0.1, 0.15) is 28.7 Å². The Balaban J connectivity index is 1.37. The van der Waals surface area contributed by atoms with Crippen molar-refractivity contribution in [3.8, 4) is 5.75 Å².